The van der Waals surface area contributed by atoms with Crippen LogP contribution in [0.25, 0.3) is 11.1 Å². The van der Waals surface area contributed by atoms with E-state index in [1.807, 2.05) is 0 Å². The molecule has 0 aliphatic heterocycles. The predicted molar refractivity (Wildman–Crippen MR) is 69.6 cm³/mol. The fraction of sp³-hybridized carbons (Fsp3) is 0.200. The van der Waals surface area contributed by atoms with Crippen molar-refractivity contribution in [1.82, 2.24) is 5.32 Å². The van der Waals surface area contributed by atoms with E-state index in [2.05, 4.69) is 5.32 Å². The summed E-state index contributed by atoms with van der Waals surface area (Å²) in [4.78, 5) is 0. The first-order valence-corrected chi connectivity index (χ1v) is 6.02. The lowest BCUT2D eigenvalue weighted by Gasteiger charge is -2.11. The first kappa shape index (κ1) is 14.5. The molecule has 2 aromatic rings. The summed E-state index contributed by atoms with van der Waals surface area (Å²) in [7, 11) is 1.72. The Labute approximate surface area is 114 Å². The Morgan fingerprint density at radius 3 is 2.20 bits per heavy atom. The lowest BCUT2D eigenvalue weighted by atomic mass is 9.98. The third-order valence-corrected chi connectivity index (χ3v) is 2.96. The van der Waals surface area contributed by atoms with Crippen LogP contribution < -0.4 is 5.32 Å². The van der Waals surface area contributed by atoms with Crippen molar-refractivity contribution in [2.24, 2.45) is 0 Å². The van der Waals surface area contributed by atoms with E-state index in [0.29, 0.717) is 17.7 Å². The highest BCUT2D eigenvalue weighted by Crippen LogP contribution is 2.32. The number of benzene rings is 2. The molecule has 0 aromatic heterocycles. The van der Waals surface area contributed by atoms with Crippen LogP contribution in [0.4, 0.5) is 17.6 Å². The maximum atomic E-state index is 13.2. The highest BCUT2D eigenvalue weighted by Gasteiger charge is 2.30. The second-order valence-corrected chi connectivity index (χ2v) is 4.41. The van der Waals surface area contributed by atoms with Crippen molar-refractivity contribution in [3.63, 3.8) is 0 Å². The Hall–Kier alpha value is -1.88. The zero-order valence-corrected chi connectivity index (χ0v) is 10.8. The predicted octanol–water partition coefficient (Wildman–Crippen LogP) is 4.23. The quantitative estimate of drug-likeness (QED) is 0.831. The Balaban J connectivity index is 2.41. The van der Waals surface area contributed by atoms with Crippen LogP contribution in [-0.4, -0.2) is 7.05 Å². The molecule has 2 aromatic carbocycles. The van der Waals surface area contributed by atoms with Gasteiger partial charge in [-0.1, -0.05) is 18.2 Å². The molecule has 5 heteroatoms. The average Bonchev–Trinajstić information content (AvgIpc) is 2.38. The van der Waals surface area contributed by atoms with Gasteiger partial charge < -0.3 is 5.32 Å². The van der Waals surface area contributed by atoms with Crippen LogP contribution in [0.15, 0.2) is 42.5 Å². The van der Waals surface area contributed by atoms with Gasteiger partial charge in [-0.15, -0.1) is 0 Å². The van der Waals surface area contributed by atoms with Gasteiger partial charge in [-0.3, -0.25) is 0 Å². The highest BCUT2D eigenvalue weighted by molar-refractivity contribution is 5.67. The van der Waals surface area contributed by atoms with Gasteiger partial charge in [0.05, 0.1) is 5.56 Å². The standard InChI is InChI=1S/C15H13F4N/c1-20-9-11-8-13(16)6-7-14(11)10-2-4-12(5-3-10)15(17,18)19/h2-8,20H,9H2,1H3. The van der Waals surface area contributed by atoms with E-state index >= 15 is 0 Å². The van der Waals surface area contributed by atoms with Crippen LogP contribution in [0.1, 0.15) is 11.1 Å². The summed E-state index contributed by atoms with van der Waals surface area (Å²) in [5.74, 6) is -0.370. The molecule has 20 heavy (non-hydrogen) atoms. The summed E-state index contributed by atoms with van der Waals surface area (Å²) in [5.41, 5.74) is 1.35. The van der Waals surface area contributed by atoms with Crippen LogP contribution in [-0.2, 0) is 12.7 Å². The third kappa shape index (κ3) is 3.17. The van der Waals surface area contributed by atoms with Crippen molar-refractivity contribution in [2.75, 3.05) is 7.05 Å². The summed E-state index contributed by atoms with van der Waals surface area (Å²) in [5, 5.41) is 2.91. The maximum Gasteiger partial charge on any atom is 0.416 e. The van der Waals surface area contributed by atoms with Gasteiger partial charge >= 0.3 is 6.18 Å². The summed E-state index contributed by atoms with van der Waals surface area (Å²) in [6.07, 6.45) is -4.35. The third-order valence-electron chi connectivity index (χ3n) is 2.96. The van der Waals surface area contributed by atoms with Crippen LogP contribution in [0.3, 0.4) is 0 Å². The molecule has 0 unspecified atom stereocenters. The minimum atomic E-state index is -4.35. The summed E-state index contributed by atoms with van der Waals surface area (Å²) < 4.78 is 50.8. The van der Waals surface area contributed by atoms with Crippen molar-refractivity contribution < 1.29 is 17.6 Å². The van der Waals surface area contributed by atoms with Gasteiger partial charge in [0.15, 0.2) is 0 Å². The molecule has 0 heterocycles. The van der Waals surface area contributed by atoms with Gasteiger partial charge in [-0.2, -0.15) is 13.2 Å². The van der Waals surface area contributed by atoms with E-state index in [-0.39, 0.29) is 5.82 Å². The van der Waals surface area contributed by atoms with Crippen molar-refractivity contribution in [3.8, 4) is 11.1 Å². The molecule has 0 aliphatic rings. The summed E-state index contributed by atoms with van der Waals surface area (Å²) >= 11 is 0. The molecule has 0 saturated carbocycles. The van der Waals surface area contributed by atoms with Crippen LogP contribution in [0.5, 0.6) is 0 Å². The molecule has 0 radical (unpaired) electrons. The van der Waals surface area contributed by atoms with E-state index in [4.69, 9.17) is 0 Å². The zero-order valence-electron chi connectivity index (χ0n) is 10.8. The molecule has 0 saturated heterocycles. The number of alkyl halides is 3. The van der Waals surface area contributed by atoms with Crippen molar-refractivity contribution in [2.45, 2.75) is 12.7 Å². The molecule has 106 valence electrons. The van der Waals surface area contributed by atoms with Gasteiger partial charge in [0.1, 0.15) is 5.82 Å². The van der Waals surface area contributed by atoms with E-state index in [9.17, 15) is 17.6 Å². The fourth-order valence-electron chi connectivity index (χ4n) is 2.02. The highest BCUT2D eigenvalue weighted by atomic mass is 19.4. The molecule has 0 fully saturated rings. The minimum Gasteiger partial charge on any atom is -0.316 e. The van der Waals surface area contributed by atoms with Crippen molar-refractivity contribution >= 4 is 0 Å². The van der Waals surface area contributed by atoms with E-state index in [0.717, 1.165) is 17.7 Å². The molecule has 1 nitrogen and oxygen atoms in total. The molecular weight excluding hydrogens is 270 g/mol. The Kier molecular flexibility index (Phi) is 4.09. The first-order chi connectivity index (χ1) is 9.41. The molecular formula is C15H13F4N. The normalized spacial score (nSPS) is 11.7. The van der Waals surface area contributed by atoms with E-state index in [1.54, 1.807) is 13.1 Å². The second-order valence-electron chi connectivity index (χ2n) is 4.41. The smallest absolute Gasteiger partial charge is 0.316 e. The SMILES string of the molecule is CNCc1cc(F)ccc1-c1ccc(C(F)(F)F)cc1. The molecule has 0 bridgehead atoms. The Bertz CT molecular complexity index is 588. The molecule has 2 rings (SSSR count). The number of halogens is 4. The fourth-order valence-corrected chi connectivity index (χ4v) is 2.02. The van der Waals surface area contributed by atoms with E-state index in [1.165, 1.54) is 24.3 Å². The average molecular weight is 283 g/mol. The molecule has 0 atom stereocenters. The summed E-state index contributed by atoms with van der Waals surface area (Å²) in [6, 6.07) is 9.11. The lowest BCUT2D eigenvalue weighted by Crippen LogP contribution is -2.07. The van der Waals surface area contributed by atoms with Gasteiger partial charge in [0.2, 0.25) is 0 Å². The Morgan fingerprint density at radius 1 is 1.00 bits per heavy atom. The molecule has 0 amide bonds. The Morgan fingerprint density at radius 2 is 1.65 bits per heavy atom. The number of hydrogen-bond acceptors (Lipinski definition) is 1. The second kappa shape index (κ2) is 5.63. The van der Waals surface area contributed by atoms with Crippen molar-refractivity contribution in [3.05, 3.63) is 59.4 Å². The van der Waals surface area contributed by atoms with Crippen molar-refractivity contribution in [1.29, 1.82) is 0 Å². The number of rotatable bonds is 3. The molecule has 0 aliphatic carbocycles. The molecule has 0 spiro atoms. The largest absolute Gasteiger partial charge is 0.416 e. The first-order valence-electron chi connectivity index (χ1n) is 6.02. The topological polar surface area (TPSA) is 12.0 Å². The maximum absolute atomic E-state index is 13.2. The van der Waals surface area contributed by atoms with Crippen LogP contribution in [0, 0.1) is 5.82 Å². The minimum absolute atomic E-state index is 0.370. The summed E-state index contributed by atoms with van der Waals surface area (Å²) in [6.45, 7) is 0.439. The van der Waals surface area contributed by atoms with Gasteiger partial charge in [0, 0.05) is 6.54 Å². The lowest BCUT2D eigenvalue weighted by molar-refractivity contribution is -0.137. The monoisotopic (exact) mass is 283 g/mol. The van der Waals surface area contributed by atoms with Crippen LogP contribution >= 0.6 is 0 Å². The van der Waals surface area contributed by atoms with E-state index < -0.39 is 11.7 Å². The van der Waals surface area contributed by atoms with Gasteiger partial charge in [0.25, 0.3) is 0 Å². The number of hydrogen-bond donors (Lipinski definition) is 1. The molecule has 1 N–H and O–H groups in total. The number of nitrogens with one attached hydrogen (secondary N) is 1. The van der Waals surface area contributed by atoms with Crippen LogP contribution in [0.2, 0.25) is 0 Å². The van der Waals surface area contributed by atoms with Gasteiger partial charge in [-0.05, 0) is 48.0 Å². The zero-order chi connectivity index (χ0) is 14.8. The van der Waals surface area contributed by atoms with Gasteiger partial charge in [-0.25, -0.2) is 4.39 Å².